The van der Waals surface area contributed by atoms with E-state index >= 15 is 0 Å². The Balaban J connectivity index is 0.000000923. The van der Waals surface area contributed by atoms with Crippen LogP contribution in [0.2, 0.25) is 0 Å². The average molecular weight is 449 g/mol. The van der Waals surface area contributed by atoms with E-state index in [1.54, 1.807) is 30.3 Å². The van der Waals surface area contributed by atoms with E-state index in [1.807, 2.05) is 0 Å². The molecule has 0 aliphatic carbocycles. The van der Waals surface area contributed by atoms with E-state index in [4.69, 9.17) is 17.7 Å². The summed E-state index contributed by atoms with van der Waals surface area (Å²) in [6, 6.07) is 9.65. The summed E-state index contributed by atoms with van der Waals surface area (Å²) in [6.07, 6.45) is 0.458. The van der Waals surface area contributed by atoms with Gasteiger partial charge in [-0.2, -0.15) is 8.42 Å². The van der Waals surface area contributed by atoms with Crippen molar-refractivity contribution in [3.8, 4) is 0 Å². The van der Waals surface area contributed by atoms with E-state index in [0.29, 0.717) is 17.2 Å². The molecular weight excluding hydrogens is 435 g/mol. The van der Waals surface area contributed by atoms with Crippen molar-refractivity contribution in [1.29, 1.82) is 0 Å². The van der Waals surface area contributed by atoms with E-state index < -0.39 is 19.4 Å². The molecule has 12 heteroatoms. The zero-order valence-electron chi connectivity index (χ0n) is 13.9. The summed E-state index contributed by atoms with van der Waals surface area (Å²) in [7, 11) is -4.65. The number of halogens is 1. The van der Waals surface area contributed by atoms with Crippen molar-refractivity contribution in [2.75, 3.05) is 6.61 Å². The van der Waals surface area contributed by atoms with Gasteiger partial charge in [-0.25, -0.2) is 8.42 Å². The Morgan fingerprint density at radius 2 is 1.62 bits per heavy atom. The zero-order chi connectivity index (χ0) is 19.3. The predicted molar refractivity (Wildman–Crippen MR) is 89.6 cm³/mol. The van der Waals surface area contributed by atoms with Gasteiger partial charge < -0.3 is 9.29 Å². The zero-order valence-corrected chi connectivity index (χ0v) is 19.4. The van der Waals surface area contributed by atoms with Crippen LogP contribution in [0.25, 0.3) is 10.8 Å². The number of hydrogen-bond acceptors (Lipinski definition) is 7. The van der Waals surface area contributed by atoms with E-state index in [-0.39, 0.29) is 68.9 Å². The SMILES string of the molecule is CC(=O)OCCc1ccc(S(=O)(=O)[O-])c2ccccc12.O=S(=O)(O)Cl.[K+]. The topological polar surface area (TPSA) is 138 Å². The number of rotatable bonds is 4. The molecule has 0 saturated carbocycles. The van der Waals surface area contributed by atoms with Gasteiger partial charge in [0.05, 0.1) is 11.5 Å². The third-order valence-corrected chi connectivity index (χ3v) is 3.82. The molecule has 138 valence electrons. The molecule has 0 amide bonds. The maximum atomic E-state index is 11.2. The standard InChI is InChI=1S/C14H14O5S.ClHO3S.K/c1-10(15)19-9-8-11-6-7-14(20(16,17)18)13-5-3-2-4-12(11)13;1-5(2,3)4;/h2-7H,8-9H2,1H3,(H,16,17,18);(H,2,3,4);/q;;+1/p-1. The van der Waals surface area contributed by atoms with E-state index in [0.717, 1.165) is 5.56 Å². The minimum absolute atomic E-state index is 0. The summed E-state index contributed by atoms with van der Waals surface area (Å²) in [6.45, 7) is 1.54. The van der Waals surface area contributed by atoms with Gasteiger partial charge in [0, 0.05) is 24.0 Å². The maximum absolute atomic E-state index is 11.2. The number of ether oxygens (including phenoxy) is 1. The van der Waals surface area contributed by atoms with Crippen LogP contribution in [-0.2, 0) is 35.4 Å². The van der Waals surface area contributed by atoms with Crippen molar-refractivity contribution in [1.82, 2.24) is 0 Å². The van der Waals surface area contributed by atoms with Crippen molar-refractivity contribution in [2.45, 2.75) is 18.2 Å². The molecule has 1 N–H and O–H groups in total. The molecule has 0 heterocycles. The van der Waals surface area contributed by atoms with Crippen molar-refractivity contribution in [3.63, 3.8) is 0 Å². The molecule has 2 rings (SSSR count). The molecule has 0 saturated heterocycles. The Bertz CT molecular complexity index is 966. The predicted octanol–water partition coefficient (Wildman–Crippen LogP) is -1.12. The third-order valence-electron chi connectivity index (χ3n) is 2.92. The summed E-state index contributed by atoms with van der Waals surface area (Å²) in [5.74, 6) is -0.368. The number of carbonyl (C=O) groups excluding carboxylic acids is 1. The van der Waals surface area contributed by atoms with Crippen LogP contribution in [-0.4, -0.2) is 38.5 Å². The fraction of sp³-hybridized carbons (Fsp3) is 0.214. The van der Waals surface area contributed by atoms with E-state index in [2.05, 4.69) is 10.7 Å². The largest absolute Gasteiger partial charge is 1.00 e. The van der Waals surface area contributed by atoms with Gasteiger partial charge in [-0.05, 0) is 22.4 Å². The normalized spacial score (nSPS) is 11.1. The molecular formula is C14H14ClKO8S2. The first kappa shape index (κ1) is 25.9. The third kappa shape index (κ3) is 9.74. The second kappa shape index (κ2) is 11.0. The van der Waals surface area contributed by atoms with Crippen LogP contribution >= 0.6 is 10.7 Å². The minimum atomic E-state index is -4.52. The molecule has 0 spiro atoms. The Morgan fingerprint density at radius 3 is 2.08 bits per heavy atom. The fourth-order valence-electron chi connectivity index (χ4n) is 2.07. The molecule has 0 bridgehead atoms. The summed E-state index contributed by atoms with van der Waals surface area (Å²) in [5, 5.41) is 1.07. The van der Waals surface area contributed by atoms with Crippen LogP contribution in [0.1, 0.15) is 12.5 Å². The van der Waals surface area contributed by atoms with Crippen molar-refractivity contribution >= 4 is 46.9 Å². The van der Waals surface area contributed by atoms with Crippen LogP contribution in [0.5, 0.6) is 0 Å². The molecule has 0 aliphatic rings. The van der Waals surface area contributed by atoms with Gasteiger partial charge in [0.25, 0.3) is 0 Å². The maximum Gasteiger partial charge on any atom is 1.00 e. The van der Waals surface area contributed by atoms with E-state index in [9.17, 15) is 17.8 Å². The van der Waals surface area contributed by atoms with Gasteiger partial charge in [0.2, 0.25) is 0 Å². The van der Waals surface area contributed by atoms with Crippen molar-refractivity contribution < 1.29 is 86.9 Å². The molecule has 0 aliphatic heterocycles. The molecule has 26 heavy (non-hydrogen) atoms. The Labute approximate surface area is 198 Å². The second-order valence-corrected chi connectivity index (χ2v) is 8.07. The van der Waals surface area contributed by atoms with Crippen molar-refractivity contribution in [3.05, 3.63) is 42.0 Å². The van der Waals surface area contributed by atoms with Gasteiger partial charge in [-0.3, -0.25) is 9.35 Å². The minimum Gasteiger partial charge on any atom is -0.744 e. The molecule has 8 nitrogen and oxygen atoms in total. The number of esters is 1. The van der Waals surface area contributed by atoms with Gasteiger partial charge >= 0.3 is 66.7 Å². The molecule has 2 aromatic rings. The smallest absolute Gasteiger partial charge is 0.744 e. The number of benzene rings is 2. The molecule has 0 atom stereocenters. The van der Waals surface area contributed by atoms with Crippen LogP contribution in [0.4, 0.5) is 0 Å². The quantitative estimate of drug-likeness (QED) is 0.268. The van der Waals surface area contributed by atoms with Gasteiger partial charge in [-0.15, -0.1) is 0 Å². The Hall–Kier alpha value is -0.0836. The molecule has 0 aromatic heterocycles. The van der Waals surface area contributed by atoms with Gasteiger partial charge in [0.15, 0.2) is 0 Å². The van der Waals surface area contributed by atoms with Gasteiger partial charge in [0.1, 0.15) is 10.1 Å². The van der Waals surface area contributed by atoms with Crippen LogP contribution in [0, 0.1) is 0 Å². The van der Waals surface area contributed by atoms with E-state index in [1.165, 1.54) is 13.0 Å². The van der Waals surface area contributed by atoms with Crippen LogP contribution in [0.3, 0.4) is 0 Å². The Kier molecular flexibility index (Phi) is 11.0. The Morgan fingerprint density at radius 1 is 1.12 bits per heavy atom. The number of carbonyl (C=O) groups is 1. The molecule has 0 radical (unpaired) electrons. The van der Waals surface area contributed by atoms with Gasteiger partial charge in [-0.1, -0.05) is 30.3 Å². The fourth-order valence-corrected chi connectivity index (χ4v) is 2.76. The molecule has 2 aromatic carbocycles. The molecule has 0 fully saturated rings. The first-order valence-electron chi connectivity index (χ1n) is 6.66. The van der Waals surface area contributed by atoms with Crippen LogP contribution in [0.15, 0.2) is 41.3 Å². The first-order valence-corrected chi connectivity index (χ1v) is 10.3. The van der Waals surface area contributed by atoms with Crippen molar-refractivity contribution in [2.24, 2.45) is 0 Å². The van der Waals surface area contributed by atoms with Crippen LogP contribution < -0.4 is 51.4 Å². The summed E-state index contributed by atoms with van der Waals surface area (Å²) in [4.78, 5) is 10.5. The summed E-state index contributed by atoms with van der Waals surface area (Å²) < 4.78 is 63.7. The molecule has 0 unspecified atom stereocenters. The number of hydrogen-bond donors (Lipinski definition) is 1. The average Bonchev–Trinajstić information content (AvgIpc) is 2.44. The summed E-state index contributed by atoms with van der Waals surface area (Å²) in [5.41, 5.74) is 0.828. The monoisotopic (exact) mass is 448 g/mol. The number of fused-ring (bicyclic) bond motifs is 1. The first-order chi connectivity index (χ1) is 11.4. The summed E-state index contributed by atoms with van der Waals surface area (Å²) >= 11 is 0. The second-order valence-electron chi connectivity index (χ2n) is 4.72.